The van der Waals surface area contributed by atoms with Crippen molar-refractivity contribution >= 4 is 11.7 Å². The highest BCUT2D eigenvalue weighted by atomic mass is 16.6. The fourth-order valence-electron chi connectivity index (χ4n) is 1.89. The summed E-state index contributed by atoms with van der Waals surface area (Å²) in [6.07, 6.45) is 1.09. The first-order chi connectivity index (χ1) is 10.1. The monoisotopic (exact) mass is 290 g/mol. The van der Waals surface area contributed by atoms with Gasteiger partial charge in [0.1, 0.15) is 19.3 Å². The van der Waals surface area contributed by atoms with Crippen molar-refractivity contribution in [3.05, 3.63) is 58.0 Å². The average Bonchev–Trinajstić information content (AvgIpc) is 2.91. The number of aliphatic hydroxyl groups excluding tert-OH is 1. The molecule has 8 heteroatoms. The van der Waals surface area contributed by atoms with E-state index in [4.69, 9.17) is 5.11 Å². The maximum absolute atomic E-state index is 11.8. The van der Waals surface area contributed by atoms with Crippen molar-refractivity contribution in [3.63, 3.8) is 0 Å². The second-order valence-corrected chi connectivity index (χ2v) is 4.22. The largest absolute Gasteiger partial charge is 0.386 e. The van der Waals surface area contributed by atoms with Crippen molar-refractivity contribution in [2.24, 2.45) is 0 Å². The highest BCUT2D eigenvalue weighted by molar-refractivity contribution is 5.94. The van der Waals surface area contributed by atoms with Crippen LogP contribution in [-0.4, -0.2) is 32.0 Å². The molecule has 0 unspecified atom stereocenters. The summed E-state index contributed by atoms with van der Waals surface area (Å²) in [5, 5.41) is 22.6. The van der Waals surface area contributed by atoms with E-state index in [1.807, 2.05) is 0 Å². The molecule has 8 nitrogen and oxygen atoms in total. The maximum atomic E-state index is 11.8. The fraction of sp³-hybridized carbons (Fsp3) is 0.231. The van der Waals surface area contributed by atoms with Crippen LogP contribution < -0.4 is 5.32 Å². The molecule has 0 radical (unpaired) electrons. The summed E-state index contributed by atoms with van der Waals surface area (Å²) in [6, 6.07) is 8.65. The van der Waals surface area contributed by atoms with Crippen molar-refractivity contribution in [2.45, 2.75) is 13.2 Å². The second-order valence-electron chi connectivity index (χ2n) is 4.22. The first-order valence-electron chi connectivity index (χ1n) is 6.26. The Morgan fingerprint density at radius 3 is 2.71 bits per heavy atom. The molecule has 110 valence electrons. The van der Waals surface area contributed by atoms with Crippen molar-refractivity contribution in [1.29, 1.82) is 0 Å². The Bertz CT molecular complexity index is 639. The third-order valence-corrected chi connectivity index (χ3v) is 2.90. The summed E-state index contributed by atoms with van der Waals surface area (Å²) in [5.41, 5.74) is 0.514. The van der Waals surface area contributed by atoms with Crippen LogP contribution in [0.25, 0.3) is 0 Å². The van der Waals surface area contributed by atoms with Gasteiger partial charge in [-0.1, -0.05) is 18.2 Å². The van der Waals surface area contributed by atoms with E-state index in [-0.39, 0.29) is 30.6 Å². The van der Waals surface area contributed by atoms with Crippen LogP contribution in [0.4, 0.5) is 5.82 Å². The molecule has 0 atom stereocenters. The minimum atomic E-state index is -0.578. The van der Waals surface area contributed by atoms with Crippen LogP contribution in [0.5, 0.6) is 0 Å². The molecule has 0 saturated heterocycles. The van der Waals surface area contributed by atoms with E-state index in [9.17, 15) is 14.9 Å². The Morgan fingerprint density at radius 2 is 2.10 bits per heavy atom. The molecule has 1 heterocycles. The molecule has 2 aromatic rings. The van der Waals surface area contributed by atoms with Gasteiger partial charge in [-0.2, -0.15) is 0 Å². The van der Waals surface area contributed by atoms with Gasteiger partial charge in [0.25, 0.3) is 5.91 Å². The Hall–Kier alpha value is -2.74. The third kappa shape index (κ3) is 3.42. The molecular formula is C13H14N4O4. The van der Waals surface area contributed by atoms with Gasteiger partial charge in [0.2, 0.25) is 5.82 Å². The van der Waals surface area contributed by atoms with Gasteiger partial charge in [-0.05, 0) is 17.1 Å². The first-order valence-corrected chi connectivity index (χ1v) is 6.26. The maximum Gasteiger partial charge on any atom is 0.342 e. The minimum Gasteiger partial charge on any atom is -0.386 e. The number of amides is 1. The van der Waals surface area contributed by atoms with Crippen molar-refractivity contribution in [3.8, 4) is 0 Å². The Labute approximate surface area is 120 Å². The lowest BCUT2D eigenvalue weighted by atomic mass is 10.2. The molecule has 1 aromatic heterocycles. The predicted octanol–water partition coefficient (Wildman–Crippen LogP) is 0.714. The van der Waals surface area contributed by atoms with Crippen molar-refractivity contribution in [2.75, 3.05) is 6.54 Å². The summed E-state index contributed by atoms with van der Waals surface area (Å²) < 4.78 is 1.27. The summed E-state index contributed by atoms with van der Waals surface area (Å²) in [4.78, 5) is 25.9. The minimum absolute atomic E-state index is 0.158. The first kappa shape index (κ1) is 14.7. The molecule has 2 rings (SSSR count). The lowest BCUT2D eigenvalue weighted by Crippen LogP contribution is -2.27. The standard InChI is InChI=1S/C13H14N4O4/c18-9-11-15-8-12(17(20)21)16(11)7-6-14-13(19)10-4-2-1-3-5-10/h1-5,8,18H,6-7,9H2,(H,14,19). The summed E-state index contributed by atoms with van der Waals surface area (Å²) in [7, 11) is 0. The number of nitro groups is 1. The number of rotatable bonds is 6. The lowest BCUT2D eigenvalue weighted by molar-refractivity contribution is -0.392. The molecule has 0 fully saturated rings. The molecule has 0 aliphatic carbocycles. The molecule has 0 bridgehead atoms. The lowest BCUT2D eigenvalue weighted by Gasteiger charge is -2.06. The van der Waals surface area contributed by atoms with Gasteiger partial charge < -0.3 is 20.5 Å². The highest BCUT2D eigenvalue weighted by Crippen LogP contribution is 2.13. The third-order valence-electron chi connectivity index (χ3n) is 2.90. The number of hydrogen-bond donors (Lipinski definition) is 2. The number of benzene rings is 1. The molecule has 2 N–H and O–H groups in total. The van der Waals surface area contributed by atoms with Gasteiger partial charge in [0, 0.05) is 5.56 Å². The zero-order valence-electron chi connectivity index (χ0n) is 11.1. The molecule has 0 saturated carbocycles. The molecule has 0 spiro atoms. The van der Waals surface area contributed by atoms with Crippen LogP contribution in [0.1, 0.15) is 16.2 Å². The SMILES string of the molecule is O=C(NCCn1c([N+](=O)[O-])cnc1CO)c1ccccc1. The van der Waals surface area contributed by atoms with E-state index < -0.39 is 11.5 Å². The number of hydrogen-bond acceptors (Lipinski definition) is 5. The topological polar surface area (TPSA) is 110 Å². The van der Waals surface area contributed by atoms with Crippen LogP contribution >= 0.6 is 0 Å². The highest BCUT2D eigenvalue weighted by Gasteiger charge is 2.19. The molecule has 1 aromatic carbocycles. The van der Waals surface area contributed by atoms with E-state index in [0.717, 1.165) is 6.20 Å². The number of imidazole rings is 1. The number of carbonyl (C=O) groups excluding carboxylic acids is 1. The van der Waals surface area contributed by atoms with Gasteiger partial charge >= 0.3 is 5.82 Å². The normalized spacial score (nSPS) is 10.3. The Kier molecular flexibility index (Phi) is 4.62. The van der Waals surface area contributed by atoms with Crippen LogP contribution in [0.3, 0.4) is 0 Å². The Balaban J connectivity index is 1.99. The summed E-state index contributed by atoms with van der Waals surface area (Å²) in [6.45, 7) is -0.0524. The fourth-order valence-corrected chi connectivity index (χ4v) is 1.89. The Morgan fingerprint density at radius 1 is 1.38 bits per heavy atom. The number of aromatic nitrogens is 2. The molecule has 21 heavy (non-hydrogen) atoms. The quantitative estimate of drug-likeness (QED) is 0.601. The van der Waals surface area contributed by atoms with Crippen LogP contribution in [-0.2, 0) is 13.2 Å². The zero-order valence-corrected chi connectivity index (χ0v) is 11.1. The van der Waals surface area contributed by atoms with E-state index in [2.05, 4.69) is 10.3 Å². The number of nitrogens with one attached hydrogen (secondary N) is 1. The molecule has 0 aliphatic heterocycles. The smallest absolute Gasteiger partial charge is 0.342 e. The summed E-state index contributed by atoms with van der Waals surface area (Å²) >= 11 is 0. The van der Waals surface area contributed by atoms with Crippen LogP contribution in [0.2, 0.25) is 0 Å². The van der Waals surface area contributed by atoms with Gasteiger partial charge in [-0.3, -0.25) is 4.79 Å². The molecular weight excluding hydrogens is 276 g/mol. The molecule has 0 aliphatic rings. The number of nitrogens with zero attached hydrogens (tertiary/aromatic N) is 3. The van der Waals surface area contributed by atoms with E-state index in [1.54, 1.807) is 30.3 Å². The summed E-state index contributed by atoms with van der Waals surface area (Å²) in [5.74, 6) is -0.285. The number of carbonyl (C=O) groups is 1. The van der Waals surface area contributed by atoms with E-state index >= 15 is 0 Å². The van der Waals surface area contributed by atoms with Crippen LogP contribution in [0.15, 0.2) is 36.5 Å². The second kappa shape index (κ2) is 6.62. The van der Waals surface area contributed by atoms with Crippen molar-refractivity contribution < 1.29 is 14.8 Å². The van der Waals surface area contributed by atoms with Gasteiger partial charge in [-0.15, -0.1) is 0 Å². The van der Waals surface area contributed by atoms with E-state index in [0.29, 0.717) is 5.56 Å². The molecule has 1 amide bonds. The van der Waals surface area contributed by atoms with Crippen molar-refractivity contribution in [1.82, 2.24) is 14.9 Å². The van der Waals surface area contributed by atoms with Gasteiger partial charge in [0.05, 0.1) is 6.54 Å². The van der Waals surface area contributed by atoms with Crippen LogP contribution in [0, 0.1) is 10.1 Å². The average molecular weight is 290 g/mol. The number of aliphatic hydroxyl groups is 1. The van der Waals surface area contributed by atoms with E-state index in [1.165, 1.54) is 4.57 Å². The van der Waals surface area contributed by atoms with Gasteiger partial charge in [0.15, 0.2) is 0 Å². The van der Waals surface area contributed by atoms with Gasteiger partial charge in [-0.25, -0.2) is 9.55 Å². The zero-order chi connectivity index (χ0) is 15.2. The predicted molar refractivity (Wildman–Crippen MR) is 73.6 cm³/mol.